The number of Topliss-reactive ketones (excluding diaryl/α,β-unsaturated/α-hetero) is 1. The molecule has 17 heavy (non-hydrogen) atoms. The van der Waals surface area contributed by atoms with Crippen LogP contribution in [-0.4, -0.2) is 38.8 Å². The number of carbonyl (C=O) groups excluding carboxylic acids is 1. The molecule has 1 saturated heterocycles. The van der Waals surface area contributed by atoms with Crippen LogP contribution >= 0.6 is 0 Å². The van der Waals surface area contributed by atoms with Crippen LogP contribution in [0.5, 0.6) is 0 Å². The number of carbonyl (C=O) groups is 1. The van der Waals surface area contributed by atoms with Crippen LogP contribution < -0.4 is 5.32 Å². The Labute approximate surface area is 103 Å². The minimum Gasteiger partial charge on any atom is -0.316 e. The second kappa shape index (κ2) is 5.06. The molecule has 0 spiro atoms. The van der Waals surface area contributed by atoms with Crippen LogP contribution in [0.1, 0.15) is 32.1 Å². The lowest BCUT2D eigenvalue weighted by atomic mass is 9.81. The maximum atomic E-state index is 12.2. The Kier molecular flexibility index (Phi) is 3.88. The summed E-state index contributed by atoms with van der Waals surface area (Å²) < 4.78 is 23.1. The van der Waals surface area contributed by atoms with Gasteiger partial charge in [-0.3, -0.25) is 4.79 Å². The largest absolute Gasteiger partial charge is 0.316 e. The normalized spacial score (nSPS) is 34.8. The highest BCUT2D eigenvalue weighted by atomic mass is 32.2. The second-order valence-corrected chi connectivity index (χ2v) is 7.73. The van der Waals surface area contributed by atoms with Gasteiger partial charge in [-0.25, -0.2) is 8.42 Å². The van der Waals surface area contributed by atoms with E-state index in [1.54, 1.807) is 0 Å². The van der Waals surface area contributed by atoms with Crippen molar-refractivity contribution >= 4 is 15.6 Å². The SMILES string of the molecule is CS(=O)(=O)C1CCCC(C(=O)C2CCNC2)C1. The molecule has 3 atom stereocenters. The van der Waals surface area contributed by atoms with Gasteiger partial charge in [0, 0.05) is 24.6 Å². The third-order valence-electron chi connectivity index (χ3n) is 4.10. The van der Waals surface area contributed by atoms with E-state index in [4.69, 9.17) is 0 Å². The number of rotatable bonds is 3. The van der Waals surface area contributed by atoms with Gasteiger partial charge in [0.15, 0.2) is 0 Å². The molecule has 98 valence electrons. The molecule has 5 heteroatoms. The van der Waals surface area contributed by atoms with Crippen LogP contribution in [0.3, 0.4) is 0 Å². The zero-order chi connectivity index (χ0) is 12.5. The summed E-state index contributed by atoms with van der Waals surface area (Å²) in [6.07, 6.45) is 5.23. The highest BCUT2D eigenvalue weighted by Crippen LogP contribution is 2.31. The molecule has 3 unspecified atom stereocenters. The molecule has 1 N–H and O–H groups in total. The number of sulfone groups is 1. The second-order valence-electron chi connectivity index (χ2n) is 5.41. The van der Waals surface area contributed by atoms with Gasteiger partial charge < -0.3 is 5.32 Å². The van der Waals surface area contributed by atoms with Crippen molar-refractivity contribution in [1.82, 2.24) is 5.32 Å². The lowest BCUT2D eigenvalue weighted by Gasteiger charge is -2.28. The Bertz CT molecular complexity index is 385. The molecule has 0 radical (unpaired) electrons. The van der Waals surface area contributed by atoms with E-state index in [1.807, 2.05) is 0 Å². The van der Waals surface area contributed by atoms with Crippen LogP contribution in [-0.2, 0) is 14.6 Å². The Morgan fingerprint density at radius 1 is 1.18 bits per heavy atom. The fourth-order valence-electron chi connectivity index (χ4n) is 3.02. The van der Waals surface area contributed by atoms with Crippen LogP contribution in [0, 0.1) is 11.8 Å². The molecule has 0 aromatic heterocycles. The fourth-order valence-corrected chi connectivity index (χ4v) is 4.20. The summed E-state index contributed by atoms with van der Waals surface area (Å²) >= 11 is 0. The average molecular weight is 259 g/mol. The van der Waals surface area contributed by atoms with Crippen LogP contribution in [0.4, 0.5) is 0 Å². The number of nitrogens with one attached hydrogen (secondary N) is 1. The van der Waals surface area contributed by atoms with E-state index in [-0.39, 0.29) is 17.1 Å². The molecule has 1 aliphatic carbocycles. The fraction of sp³-hybridized carbons (Fsp3) is 0.917. The van der Waals surface area contributed by atoms with Crippen LogP contribution in [0.15, 0.2) is 0 Å². The molecule has 1 heterocycles. The quantitative estimate of drug-likeness (QED) is 0.813. The van der Waals surface area contributed by atoms with Crippen molar-refractivity contribution in [3.63, 3.8) is 0 Å². The Morgan fingerprint density at radius 3 is 2.53 bits per heavy atom. The van der Waals surface area contributed by atoms with Gasteiger partial charge in [0.1, 0.15) is 15.6 Å². The predicted molar refractivity (Wildman–Crippen MR) is 66.6 cm³/mol. The zero-order valence-corrected chi connectivity index (χ0v) is 11.1. The van der Waals surface area contributed by atoms with Crippen molar-refractivity contribution in [3.8, 4) is 0 Å². The van der Waals surface area contributed by atoms with E-state index in [0.717, 1.165) is 38.8 Å². The van der Waals surface area contributed by atoms with Crippen molar-refractivity contribution in [2.24, 2.45) is 11.8 Å². The van der Waals surface area contributed by atoms with Crippen molar-refractivity contribution in [2.45, 2.75) is 37.4 Å². The molecule has 1 saturated carbocycles. The van der Waals surface area contributed by atoms with Gasteiger partial charge in [-0.05, 0) is 32.2 Å². The van der Waals surface area contributed by atoms with Crippen molar-refractivity contribution < 1.29 is 13.2 Å². The van der Waals surface area contributed by atoms with E-state index in [0.29, 0.717) is 12.2 Å². The minimum absolute atomic E-state index is 0.0200. The highest BCUT2D eigenvalue weighted by Gasteiger charge is 2.35. The van der Waals surface area contributed by atoms with Crippen molar-refractivity contribution in [3.05, 3.63) is 0 Å². The van der Waals surface area contributed by atoms with Gasteiger partial charge in [0.25, 0.3) is 0 Å². The topological polar surface area (TPSA) is 63.2 Å². The van der Waals surface area contributed by atoms with E-state index >= 15 is 0 Å². The van der Waals surface area contributed by atoms with Crippen molar-refractivity contribution in [2.75, 3.05) is 19.3 Å². The molecule has 0 bridgehead atoms. The molecule has 4 nitrogen and oxygen atoms in total. The monoisotopic (exact) mass is 259 g/mol. The lowest BCUT2D eigenvalue weighted by Crippen LogP contribution is -2.34. The first-order valence-electron chi connectivity index (χ1n) is 6.42. The van der Waals surface area contributed by atoms with Gasteiger partial charge in [-0.15, -0.1) is 0 Å². The van der Waals surface area contributed by atoms with Gasteiger partial charge in [0.2, 0.25) is 0 Å². The average Bonchev–Trinajstić information content (AvgIpc) is 2.80. The highest BCUT2D eigenvalue weighted by molar-refractivity contribution is 7.91. The molecular formula is C12H21NO3S. The number of hydrogen-bond acceptors (Lipinski definition) is 4. The third kappa shape index (κ3) is 3.07. The Hall–Kier alpha value is -0.420. The minimum atomic E-state index is -2.98. The Morgan fingerprint density at radius 2 is 1.94 bits per heavy atom. The van der Waals surface area contributed by atoms with E-state index in [2.05, 4.69) is 5.32 Å². The van der Waals surface area contributed by atoms with Crippen molar-refractivity contribution in [1.29, 1.82) is 0 Å². The maximum absolute atomic E-state index is 12.2. The van der Waals surface area contributed by atoms with Gasteiger partial charge >= 0.3 is 0 Å². The summed E-state index contributed by atoms with van der Waals surface area (Å²) in [5.41, 5.74) is 0. The first kappa shape index (κ1) is 13.0. The molecule has 0 aromatic rings. The molecule has 1 aliphatic heterocycles. The van der Waals surface area contributed by atoms with Crippen LogP contribution in [0.25, 0.3) is 0 Å². The van der Waals surface area contributed by atoms with Gasteiger partial charge in [0.05, 0.1) is 5.25 Å². The maximum Gasteiger partial charge on any atom is 0.150 e. The summed E-state index contributed by atoms with van der Waals surface area (Å²) in [5, 5.41) is 2.90. The number of hydrogen-bond donors (Lipinski definition) is 1. The first-order chi connectivity index (χ1) is 7.98. The molecule has 2 aliphatic rings. The smallest absolute Gasteiger partial charge is 0.150 e. The van der Waals surface area contributed by atoms with E-state index in [1.165, 1.54) is 6.26 Å². The summed E-state index contributed by atoms with van der Waals surface area (Å²) in [6.45, 7) is 1.69. The van der Waals surface area contributed by atoms with E-state index in [9.17, 15) is 13.2 Å². The molecule has 0 amide bonds. The zero-order valence-electron chi connectivity index (χ0n) is 10.3. The summed E-state index contributed by atoms with van der Waals surface area (Å²) in [6, 6.07) is 0. The molecule has 0 aromatic carbocycles. The molecular weight excluding hydrogens is 238 g/mol. The van der Waals surface area contributed by atoms with Gasteiger partial charge in [-0.1, -0.05) is 6.42 Å². The number of ketones is 1. The predicted octanol–water partition coefficient (Wildman–Crippen LogP) is 0.768. The lowest BCUT2D eigenvalue weighted by molar-refractivity contribution is -0.127. The molecule has 2 fully saturated rings. The Balaban J connectivity index is 1.99. The van der Waals surface area contributed by atoms with Gasteiger partial charge in [-0.2, -0.15) is 0 Å². The van der Waals surface area contributed by atoms with Crippen LogP contribution in [0.2, 0.25) is 0 Å². The summed E-state index contributed by atoms with van der Waals surface area (Å²) in [5.74, 6) is 0.398. The van der Waals surface area contributed by atoms with E-state index < -0.39 is 9.84 Å². The first-order valence-corrected chi connectivity index (χ1v) is 8.37. The molecule has 2 rings (SSSR count). The third-order valence-corrected chi connectivity index (χ3v) is 5.74. The summed E-state index contributed by atoms with van der Waals surface area (Å²) in [4.78, 5) is 12.2. The summed E-state index contributed by atoms with van der Waals surface area (Å²) in [7, 11) is -2.98. The standard InChI is InChI=1S/C12H21NO3S/c1-17(15,16)11-4-2-3-9(7-11)12(14)10-5-6-13-8-10/h9-11,13H,2-8H2,1H3.